The Balaban J connectivity index is 1.34. The molecule has 0 bridgehead atoms. The molecule has 0 aliphatic heterocycles. The van der Waals surface area contributed by atoms with Crippen molar-refractivity contribution in [1.29, 1.82) is 0 Å². The second-order valence-electron chi connectivity index (χ2n) is 9.13. The predicted molar refractivity (Wildman–Crippen MR) is 111 cm³/mol. The van der Waals surface area contributed by atoms with Crippen molar-refractivity contribution >= 4 is 11.6 Å². The monoisotopic (exact) mass is 460 g/mol. The summed E-state index contributed by atoms with van der Waals surface area (Å²) in [6, 6.07) is 1.47. The molecule has 0 radical (unpaired) electrons. The smallest absolute Gasteiger partial charge is 0.274 e. The van der Waals surface area contributed by atoms with Crippen LogP contribution in [0.15, 0.2) is 24.8 Å². The average Bonchev–Trinajstić information content (AvgIpc) is 3.49. The molecule has 3 aromatic rings. The predicted octanol–water partition coefficient (Wildman–Crippen LogP) is 3.01. The molecule has 33 heavy (non-hydrogen) atoms. The minimum atomic E-state index is -1.59. The number of aromatic nitrogens is 5. The molecule has 1 amide bonds. The van der Waals surface area contributed by atoms with Crippen LogP contribution in [-0.4, -0.2) is 35.3 Å². The number of hydrogen-bond donors (Lipinski definition) is 2. The van der Waals surface area contributed by atoms with Crippen molar-refractivity contribution in [3.63, 3.8) is 0 Å². The largest absolute Gasteiger partial charge is 0.382 e. The Morgan fingerprint density at radius 3 is 2.33 bits per heavy atom. The molecule has 0 spiro atoms. The van der Waals surface area contributed by atoms with Crippen LogP contribution in [-0.2, 0) is 19.7 Å². The van der Waals surface area contributed by atoms with Crippen LogP contribution >= 0.6 is 0 Å². The summed E-state index contributed by atoms with van der Waals surface area (Å²) in [5.41, 5.74) is -0.309. The topological polar surface area (TPSA) is 97.9 Å². The fourth-order valence-electron chi connectivity index (χ4n) is 5.63. The molecule has 5 rings (SSSR count). The molecule has 2 saturated carbocycles. The lowest BCUT2D eigenvalue weighted by molar-refractivity contribution is 0.0219. The van der Waals surface area contributed by atoms with E-state index in [9.17, 15) is 23.1 Å². The van der Waals surface area contributed by atoms with Crippen molar-refractivity contribution in [1.82, 2.24) is 24.3 Å². The first-order valence-electron chi connectivity index (χ1n) is 10.7. The van der Waals surface area contributed by atoms with E-state index in [-0.39, 0.29) is 29.1 Å². The van der Waals surface area contributed by atoms with Gasteiger partial charge < -0.3 is 15.0 Å². The summed E-state index contributed by atoms with van der Waals surface area (Å²) >= 11 is 0. The Hall–Kier alpha value is -3.21. The van der Waals surface area contributed by atoms with Gasteiger partial charge >= 0.3 is 0 Å². The molecule has 2 unspecified atom stereocenters. The van der Waals surface area contributed by atoms with Crippen molar-refractivity contribution in [2.45, 2.75) is 37.2 Å². The van der Waals surface area contributed by atoms with E-state index in [0.29, 0.717) is 24.4 Å². The number of aryl methyl sites for hydroxylation is 2. The first kappa shape index (κ1) is 21.6. The van der Waals surface area contributed by atoms with Gasteiger partial charge in [0.1, 0.15) is 17.6 Å². The molecular weight excluding hydrogens is 437 g/mol. The number of halogens is 3. The van der Waals surface area contributed by atoms with E-state index in [1.54, 1.807) is 23.3 Å². The van der Waals surface area contributed by atoms with Gasteiger partial charge in [0.2, 0.25) is 0 Å². The van der Waals surface area contributed by atoms with Crippen LogP contribution < -0.4 is 5.32 Å². The third-order valence-corrected chi connectivity index (χ3v) is 6.98. The third kappa shape index (κ3) is 3.60. The number of carbonyl (C=O) groups excluding carboxylic acids is 1. The van der Waals surface area contributed by atoms with Gasteiger partial charge in [-0.2, -0.15) is 5.10 Å². The van der Waals surface area contributed by atoms with E-state index >= 15 is 0 Å². The van der Waals surface area contributed by atoms with Crippen LogP contribution in [0.25, 0.3) is 0 Å². The Bertz CT molecular complexity index is 1200. The highest BCUT2D eigenvalue weighted by atomic mass is 19.2. The molecule has 2 fully saturated rings. The van der Waals surface area contributed by atoms with Gasteiger partial charge in [0, 0.05) is 37.8 Å². The zero-order chi connectivity index (χ0) is 23.5. The van der Waals surface area contributed by atoms with E-state index < -0.39 is 29.0 Å². The summed E-state index contributed by atoms with van der Waals surface area (Å²) < 4.78 is 43.5. The Morgan fingerprint density at radius 2 is 1.76 bits per heavy atom. The Labute approximate surface area is 187 Å². The van der Waals surface area contributed by atoms with E-state index in [2.05, 4.69) is 20.4 Å². The first-order valence-corrected chi connectivity index (χ1v) is 10.7. The molecule has 0 saturated heterocycles. The molecule has 1 aromatic carbocycles. The van der Waals surface area contributed by atoms with Gasteiger partial charge in [-0.25, -0.2) is 23.1 Å². The highest BCUT2D eigenvalue weighted by Crippen LogP contribution is 2.56. The molecule has 2 N–H and O–H groups in total. The zero-order valence-electron chi connectivity index (χ0n) is 18.1. The van der Waals surface area contributed by atoms with Gasteiger partial charge in [-0.15, -0.1) is 0 Å². The summed E-state index contributed by atoms with van der Waals surface area (Å²) in [7, 11) is 3.43. The summed E-state index contributed by atoms with van der Waals surface area (Å²) in [6.07, 6.45) is 5.58. The summed E-state index contributed by atoms with van der Waals surface area (Å²) in [4.78, 5) is 21.6. The zero-order valence-corrected chi connectivity index (χ0v) is 18.1. The molecule has 2 aromatic heterocycles. The minimum absolute atomic E-state index is 0.00712. The third-order valence-electron chi connectivity index (χ3n) is 6.98. The quantitative estimate of drug-likeness (QED) is 0.584. The Morgan fingerprint density at radius 1 is 1.12 bits per heavy atom. The maximum absolute atomic E-state index is 13.5. The number of nitrogens with one attached hydrogen (secondary N) is 1. The maximum atomic E-state index is 13.5. The lowest BCUT2D eigenvalue weighted by Gasteiger charge is -2.23. The number of rotatable bonds is 4. The fraction of sp³-hybridized carbons (Fsp3) is 0.455. The van der Waals surface area contributed by atoms with Gasteiger partial charge in [0.15, 0.2) is 23.3 Å². The SMILES string of the molecule is Cn1cnc(C2CC3CC(O)(c4ncnn4C)CC3C2)c1C(=O)Nc1cc(F)c(F)c(F)c1. The normalized spacial score (nSPS) is 26.5. The molecule has 8 nitrogen and oxygen atoms in total. The number of amides is 1. The van der Waals surface area contributed by atoms with Crippen molar-refractivity contribution in [2.75, 3.05) is 5.32 Å². The van der Waals surface area contributed by atoms with Crippen molar-refractivity contribution < 1.29 is 23.1 Å². The molecule has 2 heterocycles. The first-order chi connectivity index (χ1) is 15.7. The second-order valence-corrected chi connectivity index (χ2v) is 9.13. The maximum Gasteiger partial charge on any atom is 0.274 e. The molecule has 2 aliphatic rings. The van der Waals surface area contributed by atoms with Gasteiger partial charge in [0.25, 0.3) is 5.91 Å². The standard InChI is InChI=1S/C22H23F3N6O2/c1-30-10-27-18(19(30)20(32)29-14-5-15(23)17(25)16(24)6-14)11-3-12-7-22(33,8-13(12)4-11)21-26-9-28-31(21)2/h5-6,9-13,33H,3-4,7-8H2,1-2H3,(H,29,32). The molecule has 2 aliphatic carbocycles. The van der Waals surface area contributed by atoms with Crippen LogP contribution in [0.3, 0.4) is 0 Å². The van der Waals surface area contributed by atoms with E-state index in [4.69, 9.17) is 0 Å². The lowest BCUT2D eigenvalue weighted by Crippen LogP contribution is -2.27. The highest BCUT2D eigenvalue weighted by molar-refractivity contribution is 6.04. The summed E-state index contributed by atoms with van der Waals surface area (Å²) in [5.74, 6) is -3.87. The van der Waals surface area contributed by atoms with E-state index in [0.717, 1.165) is 25.0 Å². The molecule has 2 atom stereocenters. The number of aliphatic hydroxyl groups is 1. The molecular formula is C22H23F3N6O2. The number of imidazole rings is 1. The number of carbonyl (C=O) groups is 1. The average molecular weight is 460 g/mol. The van der Waals surface area contributed by atoms with Crippen LogP contribution in [0.5, 0.6) is 0 Å². The fourth-order valence-corrected chi connectivity index (χ4v) is 5.63. The van der Waals surface area contributed by atoms with Gasteiger partial charge in [-0.1, -0.05) is 0 Å². The lowest BCUT2D eigenvalue weighted by atomic mass is 9.91. The van der Waals surface area contributed by atoms with E-state index in [1.165, 1.54) is 12.7 Å². The molecule has 11 heteroatoms. The van der Waals surface area contributed by atoms with Crippen molar-refractivity contribution in [3.05, 3.63) is 59.5 Å². The number of benzene rings is 1. The van der Waals surface area contributed by atoms with Crippen molar-refractivity contribution in [3.8, 4) is 0 Å². The van der Waals surface area contributed by atoms with Gasteiger partial charge in [-0.3, -0.25) is 9.48 Å². The minimum Gasteiger partial charge on any atom is -0.382 e. The van der Waals surface area contributed by atoms with Gasteiger partial charge in [0.05, 0.1) is 12.0 Å². The van der Waals surface area contributed by atoms with Crippen LogP contribution in [0.4, 0.5) is 18.9 Å². The highest BCUT2D eigenvalue weighted by Gasteiger charge is 2.52. The number of anilines is 1. The van der Waals surface area contributed by atoms with Crippen molar-refractivity contribution in [2.24, 2.45) is 25.9 Å². The summed E-state index contributed by atoms with van der Waals surface area (Å²) in [6.45, 7) is 0. The number of nitrogens with zero attached hydrogens (tertiary/aromatic N) is 5. The van der Waals surface area contributed by atoms with Crippen LogP contribution in [0, 0.1) is 29.3 Å². The summed E-state index contributed by atoms with van der Waals surface area (Å²) in [5, 5.41) is 17.7. The van der Waals surface area contributed by atoms with Crippen LogP contribution in [0.2, 0.25) is 0 Å². The number of hydrogen-bond acceptors (Lipinski definition) is 5. The van der Waals surface area contributed by atoms with Gasteiger partial charge in [-0.05, 0) is 37.5 Å². The number of fused-ring (bicyclic) bond motifs is 1. The second kappa shape index (κ2) is 7.68. The Kier molecular flexibility index (Phi) is 5.04. The molecule has 174 valence electrons. The van der Waals surface area contributed by atoms with Crippen LogP contribution in [0.1, 0.15) is 53.6 Å². The van der Waals surface area contributed by atoms with E-state index in [1.807, 2.05) is 0 Å².